The Labute approximate surface area is 221 Å². The molecule has 1 unspecified atom stereocenters. The van der Waals surface area contributed by atoms with E-state index in [1.54, 1.807) is 58.6 Å². The van der Waals surface area contributed by atoms with E-state index >= 15 is 0 Å². The molecular formula is C27H20Cl2N4O2S. The summed E-state index contributed by atoms with van der Waals surface area (Å²) >= 11 is 17.7. The van der Waals surface area contributed by atoms with Crippen LogP contribution >= 0.6 is 35.4 Å². The summed E-state index contributed by atoms with van der Waals surface area (Å²) in [4.78, 5) is 13.0. The smallest absolute Gasteiger partial charge is 0.251 e. The number of H-pyrrole nitrogens is 1. The van der Waals surface area contributed by atoms with Gasteiger partial charge in [0.25, 0.3) is 5.56 Å². The molecule has 3 aromatic carbocycles. The summed E-state index contributed by atoms with van der Waals surface area (Å²) in [5.41, 5.74) is 3.03. The number of aromatic amines is 1. The third-order valence-electron chi connectivity index (χ3n) is 6.93. The van der Waals surface area contributed by atoms with Crippen LogP contribution in [-0.2, 0) is 25.6 Å². The summed E-state index contributed by atoms with van der Waals surface area (Å²) in [7, 11) is 1.76. The number of aryl methyl sites for hydroxylation is 2. The van der Waals surface area contributed by atoms with Gasteiger partial charge in [-0.3, -0.25) is 9.89 Å². The van der Waals surface area contributed by atoms with Crippen LogP contribution in [0.5, 0.6) is 0 Å². The van der Waals surface area contributed by atoms with Gasteiger partial charge in [0.1, 0.15) is 0 Å². The molecule has 36 heavy (non-hydrogen) atoms. The van der Waals surface area contributed by atoms with Crippen molar-refractivity contribution >= 4 is 46.3 Å². The molecule has 180 valence electrons. The molecule has 1 aliphatic heterocycles. The molecule has 0 saturated heterocycles. The Bertz CT molecular complexity index is 1770. The quantitative estimate of drug-likeness (QED) is 0.294. The van der Waals surface area contributed by atoms with Crippen LogP contribution in [0.3, 0.4) is 0 Å². The fourth-order valence-corrected chi connectivity index (χ4v) is 5.50. The lowest BCUT2D eigenvalue weighted by Crippen LogP contribution is -2.32. The van der Waals surface area contributed by atoms with E-state index < -0.39 is 5.60 Å². The predicted octanol–water partition coefficient (Wildman–Crippen LogP) is 5.61. The standard InChI is InChI=1S/C27H20Cl2N4O2S/c1-32-25(30-31-26(32)36)27(35,17-4-8-20(29)9-5-17)18-12-16-10-11-33-23(34)14-21(22(13-18)24(16)33)15-2-6-19(28)7-3-15/h2-9,12-14,35H,10-11H2,1H3,(H,31,36). The summed E-state index contributed by atoms with van der Waals surface area (Å²) in [6.45, 7) is 0.584. The lowest BCUT2D eigenvalue weighted by Gasteiger charge is -2.29. The first kappa shape index (κ1) is 23.2. The van der Waals surface area contributed by atoms with Crippen molar-refractivity contribution in [3.8, 4) is 11.1 Å². The van der Waals surface area contributed by atoms with Gasteiger partial charge in [0.2, 0.25) is 0 Å². The monoisotopic (exact) mass is 534 g/mol. The molecule has 6 rings (SSSR count). The Kier molecular flexibility index (Phi) is 5.42. The topological polar surface area (TPSA) is 75.8 Å². The van der Waals surface area contributed by atoms with E-state index in [9.17, 15) is 9.90 Å². The second kappa shape index (κ2) is 8.42. The van der Waals surface area contributed by atoms with Crippen molar-refractivity contribution in [1.82, 2.24) is 19.3 Å². The SMILES string of the molecule is Cn1c(C(O)(c2ccc(Cl)cc2)c2cc3c4c(c2)c(-c2ccc(Cl)cc2)cc(=O)n4CC3)n[nH]c1=S. The third kappa shape index (κ3) is 3.46. The van der Waals surface area contributed by atoms with Gasteiger partial charge in [0, 0.05) is 35.1 Å². The zero-order valence-corrected chi connectivity index (χ0v) is 21.5. The number of benzene rings is 3. The van der Waals surface area contributed by atoms with E-state index in [2.05, 4.69) is 10.2 Å². The van der Waals surface area contributed by atoms with Crippen molar-refractivity contribution < 1.29 is 5.11 Å². The first-order valence-electron chi connectivity index (χ1n) is 11.3. The largest absolute Gasteiger partial charge is 0.373 e. The minimum absolute atomic E-state index is 0.0543. The Hall–Kier alpha value is -3.23. The lowest BCUT2D eigenvalue weighted by atomic mass is 9.83. The van der Waals surface area contributed by atoms with Crippen molar-refractivity contribution in [2.45, 2.75) is 18.6 Å². The molecule has 1 aliphatic rings. The average Bonchev–Trinajstić information content (AvgIpc) is 3.46. The molecule has 6 nitrogen and oxygen atoms in total. The second-order valence-corrected chi connectivity index (χ2v) is 10.2. The van der Waals surface area contributed by atoms with Crippen LogP contribution < -0.4 is 5.56 Å². The summed E-state index contributed by atoms with van der Waals surface area (Å²) in [6.07, 6.45) is 0.680. The maximum absolute atomic E-state index is 13.0. The van der Waals surface area contributed by atoms with Gasteiger partial charge in [-0.1, -0.05) is 47.5 Å². The van der Waals surface area contributed by atoms with Crippen LogP contribution in [0.15, 0.2) is 71.5 Å². The van der Waals surface area contributed by atoms with Crippen LogP contribution in [-0.4, -0.2) is 24.4 Å². The number of nitrogens with one attached hydrogen (secondary N) is 1. The number of aliphatic hydroxyl groups is 1. The fraction of sp³-hybridized carbons (Fsp3) is 0.148. The van der Waals surface area contributed by atoms with E-state index in [4.69, 9.17) is 35.4 Å². The number of nitrogens with zero attached hydrogens (tertiary/aromatic N) is 3. The van der Waals surface area contributed by atoms with Gasteiger partial charge in [0.05, 0.1) is 5.52 Å². The number of rotatable bonds is 4. The fourth-order valence-electron chi connectivity index (χ4n) is 5.12. The number of halogens is 2. The van der Waals surface area contributed by atoms with E-state index in [1.165, 1.54) is 0 Å². The molecule has 2 aromatic heterocycles. The molecule has 0 amide bonds. The van der Waals surface area contributed by atoms with Gasteiger partial charge in [-0.2, -0.15) is 5.10 Å². The average molecular weight is 535 g/mol. The van der Waals surface area contributed by atoms with Crippen LogP contribution in [0.2, 0.25) is 10.0 Å². The zero-order valence-electron chi connectivity index (χ0n) is 19.1. The predicted molar refractivity (Wildman–Crippen MR) is 144 cm³/mol. The van der Waals surface area contributed by atoms with Gasteiger partial charge < -0.3 is 14.2 Å². The van der Waals surface area contributed by atoms with Crippen molar-refractivity contribution in [2.24, 2.45) is 7.05 Å². The molecule has 0 saturated carbocycles. The van der Waals surface area contributed by atoms with Crippen LogP contribution in [0.25, 0.3) is 22.0 Å². The van der Waals surface area contributed by atoms with Crippen molar-refractivity contribution in [2.75, 3.05) is 0 Å². The number of hydrogen-bond donors (Lipinski definition) is 2. The molecule has 0 radical (unpaired) electrons. The molecular weight excluding hydrogens is 515 g/mol. The van der Waals surface area contributed by atoms with Gasteiger partial charge >= 0.3 is 0 Å². The van der Waals surface area contributed by atoms with E-state index in [-0.39, 0.29) is 5.56 Å². The first-order chi connectivity index (χ1) is 17.3. The minimum atomic E-state index is -1.64. The second-order valence-electron chi connectivity index (χ2n) is 8.97. The molecule has 5 aromatic rings. The molecule has 2 N–H and O–H groups in total. The lowest BCUT2D eigenvalue weighted by molar-refractivity contribution is 0.112. The van der Waals surface area contributed by atoms with Crippen LogP contribution in [0, 0.1) is 4.77 Å². The Morgan fingerprint density at radius 3 is 2.31 bits per heavy atom. The molecule has 0 bridgehead atoms. The van der Waals surface area contributed by atoms with E-state index in [0.717, 1.165) is 27.6 Å². The molecule has 3 heterocycles. The maximum Gasteiger partial charge on any atom is 0.251 e. The normalized spacial score (nSPS) is 14.3. The number of hydrogen-bond acceptors (Lipinski definition) is 4. The highest BCUT2D eigenvalue weighted by molar-refractivity contribution is 7.71. The Morgan fingerprint density at radius 2 is 1.67 bits per heavy atom. The summed E-state index contributed by atoms with van der Waals surface area (Å²) in [5.74, 6) is 0.348. The van der Waals surface area contributed by atoms with E-state index in [1.807, 2.05) is 24.3 Å². The van der Waals surface area contributed by atoms with Gasteiger partial charge in [-0.25, -0.2) is 0 Å². The van der Waals surface area contributed by atoms with Crippen molar-refractivity contribution in [3.63, 3.8) is 0 Å². The first-order valence-corrected chi connectivity index (χ1v) is 12.5. The van der Waals surface area contributed by atoms with Crippen molar-refractivity contribution in [1.29, 1.82) is 0 Å². The zero-order chi connectivity index (χ0) is 25.2. The van der Waals surface area contributed by atoms with Crippen LogP contribution in [0.1, 0.15) is 22.5 Å². The van der Waals surface area contributed by atoms with Gasteiger partial charge in [0.15, 0.2) is 16.2 Å². The third-order valence-corrected chi connectivity index (χ3v) is 7.80. The number of aromatic nitrogens is 4. The molecule has 9 heteroatoms. The maximum atomic E-state index is 13.0. The summed E-state index contributed by atoms with van der Waals surface area (Å²) in [6, 6.07) is 20.0. The molecule has 0 aliphatic carbocycles. The summed E-state index contributed by atoms with van der Waals surface area (Å²) in [5, 5.41) is 21.7. The van der Waals surface area contributed by atoms with Gasteiger partial charge in [-0.15, -0.1) is 0 Å². The van der Waals surface area contributed by atoms with Crippen molar-refractivity contribution in [3.05, 3.63) is 114 Å². The Morgan fingerprint density at radius 1 is 1.00 bits per heavy atom. The molecule has 0 spiro atoms. The van der Waals surface area contributed by atoms with Crippen LogP contribution in [0.4, 0.5) is 0 Å². The minimum Gasteiger partial charge on any atom is -0.373 e. The number of pyridine rings is 1. The van der Waals surface area contributed by atoms with E-state index in [0.29, 0.717) is 44.7 Å². The highest BCUT2D eigenvalue weighted by Crippen LogP contribution is 2.41. The Balaban J connectivity index is 1.70. The highest BCUT2D eigenvalue weighted by atomic mass is 35.5. The molecule has 1 atom stereocenters. The highest BCUT2D eigenvalue weighted by Gasteiger charge is 2.39. The molecule has 0 fully saturated rings. The summed E-state index contributed by atoms with van der Waals surface area (Å²) < 4.78 is 3.85. The van der Waals surface area contributed by atoms with Gasteiger partial charge in [-0.05, 0) is 82.9 Å².